The van der Waals surface area contributed by atoms with E-state index in [1.807, 2.05) is 13.0 Å². The van der Waals surface area contributed by atoms with Crippen LogP contribution in [0.5, 0.6) is 5.75 Å². The molecule has 7 heteroatoms. The van der Waals surface area contributed by atoms with Crippen LogP contribution in [0.15, 0.2) is 18.2 Å². The van der Waals surface area contributed by atoms with Crippen LogP contribution in [0.2, 0.25) is 0 Å². The average Bonchev–Trinajstić information content (AvgIpc) is 2.93. The minimum absolute atomic E-state index is 0.0317. The van der Waals surface area contributed by atoms with Crippen molar-refractivity contribution >= 4 is 33.9 Å². The molecule has 0 saturated heterocycles. The summed E-state index contributed by atoms with van der Waals surface area (Å²) in [4.78, 5) is 40.5. The second-order valence-corrected chi connectivity index (χ2v) is 6.66. The molecule has 0 bridgehead atoms. The van der Waals surface area contributed by atoms with Gasteiger partial charge in [0.1, 0.15) is 5.75 Å². The summed E-state index contributed by atoms with van der Waals surface area (Å²) in [5.74, 6) is -0.0610. The Labute approximate surface area is 150 Å². The molecule has 2 aromatic rings. The van der Waals surface area contributed by atoms with Crippen molar-refractivity contribution in [2.75, 3.05) is 12.4 Å². The maximum atomic E-state index is 12.4. The molecule has 6 nitrogen and oxygen atoms in total. The summed E-state index contributed by atoms with van der Waals surface area (Å²) in [7, 11) is 1.51. The normalized spacial score (nSPS) is 10.4. The number of carbonyl (C=O) groups excluding carboxylic acids is 3. The minimum atomic E-state index is -0.316. The zero-order valence-electron chi connectivity index (χ0n) is 14.6. The number of Topliss-reactive ketones (excluding diaryl/α,β-unsaturated/α-hetero) is 2. The Kier molecular flexibility index (Phi) is 6.03. The van der Waals surface area contributed by atoms with Gasteiger partial charge in [0.25, 0.3) is 0 Å². The van der Waals surface area contributed by atoms with Crippen LogP contribution >= 0.6 is 11.3 Å². The fourth-order valence-electron chi connectivity index (χ4n) is 2.36. The number of benzene rings is 1. The van der Waals surface area contributed by atoms with Gasteiger partial charge in [-0.2, -0.15) is 0 Å². The monoisotopic (exact) mass is 360 g/mol. The Balaban J connectivity index is 1.98. The minimum Gasteiger partial charge on any atom is -0.496 e. The summed E-state index contributed by atoms with van der Waals surface area (Å²) in [6.45, 7) is 5.07. The van der Waals surface area contributed by atoms with Crippen molar-refractivity contribution < 1.29 is 19.1 Å². The highest BCUT2D eigenvalue weighted by molar-refractivity contribution is 7.17. The molecule has 25 heavy (non-hydrogen) atoms. The van der Waals surface area contributed by atoms with Gasteiger partial charge in [0.15, 0.2) is 16.7 Å². The lowest BCUT2D eigenvalue weighted by atomic mass is 10.0. The molecule has 2 rings (SSSR count). The number of amides is 1. The van der Waals surface area contributed by atoms with E-state index in [4.69, 9.17) is 4.74 Å². The molecule has 0 saturated carbocycles. The van der Waals surface area contributed by atoms with E-state index in [9.17, 15) is 14.4 Å². The average molecular weight is 360 g/mol. The van der Waals surface area contributed by atoms with E-state index in [1.54, 1.807) is 19.1 Å². The maximum Gasteiger partial charge on any atom is 0.226 e. The van der Waals surface area contributed by atoms with Gasteiger partial charge in [-0.15, -0.1) is 0 Å². The molecule has 0 aliphatic rings. The fourth-order valence-corrected chi connectivity index (χ4v) is 3.24. The molecule has 0 aliphatic carbocycles. The first-order valence-corrected chi connectivity index (χ1v) is 8.59. The van der Waals surface area contributed by atoms with Crippen LogP contribution < -0.4 is 10.1 Å². The SMILES string of the molecule is COc1ccc(C)cc1C(=O)CCC(=O)Nc1nc(C)c(C(C)=O)s1. The predicted octanol–water partition coefficient (Wildman–Crippen LogP) is 3.57. The Morgan fingerprint density at radius 3 is 2.52 bits per heavy atom. The van der Waals surface area contributed by atoms with Gasteiger partial charge in [0.05, 0.1) is 23.2 Å². The standard InChI is InChI=1S/C18H20N2O4S/c1-10-5-7-15(24-4)13(9-10)14(22)6-8-16(23)20-18-19-11(2)17(25-18)12(3)21/h5,7,9H,6,8H2,1-4H3,(H,19,20,23). The molecule has 1 aromatic heterocycles. The van der Waals surface area contributed by atoms with E-state index in [1.165, 1.54) is 14.0 Å². The van der Waals surface area contributed by atoms with Crippen LogP contribution in [-0.2, 0) is 4.79 Å². The molecule has 0 aliphatic heterocycles. The summed E-state index contributed by atoms with van der Waals surface area (Å²) in [6.07, 6.45) is 0.0968. The number of thiazole rings is 1. The number of carbonyl (C=O) groups is 3. The van der Waals surface area contributed by atoms with Crippen molar-refractivity contribution in [3.8, 4) is 5.75 Å². The van der Waals surface area contributed by atoms with Gasteiger partial charge in [-0.05, 0) is 26.0 Å². The first-order valence-electron chi connectivity index (χ1n) is 7.78. The number of hydrogen-bond acceptors (Lipinski definition) is 6. The smallest absolute Gasteiger partial charge is 0.226 e. The van der Waals surface area contributed by atoms with Crippen molar-refractivity contribution in [3.63, 3.8) is 0 Å². The van der Waals surface area contributed by atoms with E-state index in [2.05, 4.69) is 10.3 Å². The van der Waals surface area contributed by atoms with Gasteiger partial charge >= 0.3 is 0 Å². The lowest BCUT2D eigenvalue weighted by molar-refractivity contribution is -0.116. The molecular weight excluding hydrogens is 340 g/mol. The first-order chi connectivity index (χ1) is 11.8. The van der Waals surface area contributed by atoms with Crippen molar-refractivity contribution in [2.24, 2.45) is 0 Å². The molecule has 0 radical (unpaired) electrons. The highest BCUT2D eigenvalue weighted by Gasteiger charge is 2.16. The third-order valence-electron chi connectivity index (χ3n) is 3.60. The van der Waals surface area contributed by atoms with Gasteiger partial charge in [0, 0.05) is 19.8 Å². The van der Waals surface area contributed by atoms with Gasteiger partial charge < -0.3 is 10.1 Å². The third-order valence-corrected chi connectivity index (χ3v) is 4.77. The number of anilines is 1. The van der Waals surface area contributed by atoms with Crippen LogP contribution in [-0.4, -0.2) is 29.6 Å². The summed E-state index contributed by atoms with van der Waals surface area (Å²) in [6, 6.07) is 5.35. The van der Waals surface area contributed by atoms with Crippen LogP contribution in [0.25, 0.3) is 0 Å². The van der Waals surface area contributed by atoms with Crippen LogP contribution in [0.3, 0.4) is 0 Å². The lowest BCUT2D eigenvalue weighted by Gasteiger charge is -2.08. The summed E-state index contributed by atoms with van der Waals surface area (Å²) < 4.78 is 5.20. The molecule has 0 spiro atoms. The van der Waals surface area contributed by atoms with Crippen LogP contribution in [0.4, 0.5) is 5.13 Å². The number of aryl methyl sites for hydroxylation is 2. The zero-order valence-corrected chi connectivity index (χ0v) is 15.5. The number of aromatic nitrogens is 1. The topological polar surface area (TPSA) is 85.4 Å². The Hall–Kier alpha value is -2.54. The quantitative estimate of drug-likeness (QED) is 0.763. The second kappa shape index (κ2) is 8.02. The highest BCUT2D eigenvalue weighted by Crippen LogP contribution is 2.24. The maximum absolute atomic E-state index is 12.4. The van der Waals surface area contributed by atoms with Crippen LogP contribution in [0, 0.1) is 13.8 Å². The number of nitrogens with one attached hydrogen (secondary N) is 1. The number of rotatable bonds is 7. The fraction of sp³-hybridized carbons (Fsp3) is 0.333. The van der Waals surface area contributed by atoms with Crippen molar-refractivity contribution in [3.05, 3.63) is 39.9 Å². The Bertz CT molecular complexity index is 826. The Morgan fingerprint density at radius 2 is 1.92 bits per heavy atom. The van der Waals surface area contributed by atoms with E-state index in [-0.39, 0.29) is 30.3 Å². The van der Waals surface area contributed by atoms with Crippen molar-refractivity contribution in [1.82, 2.24) is 4.98 Å². The summed E-state index contributed by atoms with van der Waals surface area (Å²) in [5.41, 5.74) is 2.01. The van der Waals surface area contributed by atoms with E-state index >= 15 is 0 Å². The number of hydrogen-bond donors (Lipinski definition) is 1. The number of ketones is 2. The molecule has 1 heterocycles. The van der Waals surface area contributed by atoms with Crippen molar-refractivity contribution in [2.45, 2.75) is 33.6 Å². The summed E-state index contributed by atoms with van der Waals surface area (Å²) in [5, 5.41) is 3.01. The zero-order chi connectivity index (χ0) is 18.6. The van der Waals surface area contributed by atoms with E-state index in [0.29, 0.717) is 27.0 Å². The van der Waals surface area contributed by atoms with E-state index < -0.39 is 0 Å². The van der Waals surface area contributed by atoms with Gasteiger partial charge in [-0.3, -0.25) is 14.4 Å². The van der Waals surface area contributed by atoms with Gasteiger partial charge in [0.2, 0.25) is 5.91 Å². The number of methoxy groups -OCH3 is 1. The number of nitrogens with zero attached hydrogens (tertiary/aromatic N) is 1. The molecule has 0 unspecified atom stereocenters. The molecule has 1 aromatic carbocycles. The molecule has 1 N–H and O–H groups in total. The van der Waals surface area contributed by atoms with E-state index in [0.717, 1.165) is 16.9 Å². The highest BCUT2D eigenvalue weighted by atomic mass is 32.1. The second-order valence-electron chi connectivity index (χ2n) is 5.66. The number of ether oxygens (including phenoxy) is 1. The first kappa shape index (κ1) is 18.8. The predicted molar refractivity (Wildman–Crippen MR) is 96.8 cm³/mol. The van der Waals surface area contributed by atoms with Crippen molar-refractivity contribution in [1.29, 1.82) is 0 Å². The van der Waals surface area contributed by atoms with Gasteiger partial charge in [-0.25, -0.2) is 4.98 Å². The molecule has 1 amide bonds. The van der Waals surface area contributed by atoms with Crippen LogP contribution in [0.1, 0.15) is 51.1 Å². The van der Waals surface area contributed by atoms with Gasteiger partial charge in [-0.1, -0.05) is 23.0 Å². The third kappa shape index (κ3) is 4.73. The summed E-state index contributed by atoms with van der Waals surface area (Å²) >= 11 is 1.14. The lowest BCUT2D eigenvalue weighted by Crippen LogP contribution is -2.13. The Morgan fingerprint density at radius 1 is 1.20 bits per heavy atom. The largest absolute Gasteiger partial charge is 0.496 e. The molecular formula is C18H20N2O4S. The molecule has 0 fully saturated rings. The molecule has 132 valence electrons. The molecule has 0 atom stereocenters.